The van der Waals surface area contributed by atoms with Crippen LogP contribution in [0.1, 0.15) is 41.5 Å². The Morgan fingerprint density at radius 1 is 1.14 bits per heavy atom. The highest BCUT2D eigenvalue weighted by molar-refractivity contribution is 5.89. The summed E-state index contributed by atoms with van der Waals surface area (Å²) in [6.07, 6.45) is 0. The molecule has 0 aromatic heterocycles. The minimum absolute atomic E-state index is 0.139. The first-order valence-electron chi connectivity index (χ1n) is 5.69. The van der Waals surface area contributed by atoms with Gasteiger partial charge in [-0.05, 0) is 26.7 Å². The number of carbonyl (C=O) groups excluding carboxylic acids is 1. The van der Waals surface area contributed by atoms with Gasteiger partial charge in [0, 0.05) is 18.0 Å². The smallest absolute Gasteiger partial charge is 0.154 e. The summed E-state index contributed by atoms with van der Waals surface area (Å²) in [4.78, 5) is 14.4. The molecule has 0 N–H and O–H groups in total. The number of likely N-dealkylation sites (tertiary alicyclic amines) is 1. The van der Waals surface area contributed by atoms with E-state index >= 15 is 0 Å². The summed E-state index contributed by atoms with van der Waals surface area (Å²) in [5.74, 6) is 1.06. The van der Waals surface area contributed by atoms with Crippen molar-refractivity contribution in [1.82, 2.24) is 4.90 Å². The van der Waals surface area contributed by atoms with Crippen LogP contribution in [0.2, 0.25) is 0 Å². The molecule has 1 saturated heterocycles. The first kappa shape index (κ1) is 11.7. The third kappa shape index (κ3) is 1.72. The molecular formula is C12H23NO. The second-order valence-corrected chi connectivity index (χ2v) is 5.16. The van der Waals surface area contributed by atoms with Gasteiger partial charge in [-0.1, -0.05) is 20.8 Å². The minimum atomic E-state index is 0.139. The van der Waals surface area contributed by atoms with Crippen LogP contribution in [0.4, 0.5) is 0 Å². The van der Waals surface area contributed by atoms with Crippen molar-refractivity contribution in [3.8, 4) is 0 Å². The van der Waals surface area contributed by atoms with Gasteiger partial charge < -0.3 is 0 Å². The molecule has 0 spiro atoms. The van der Waals surface area contributed by atoms with E-state index in [4.69, 9.17) is 0 Å². The van der Waals surface area contributed by atoms with Gasteiger partial charge in [-0.2, -0.15) is 0 Å². The van der Waals surface area contributed by atoms with Gasteiger partial charge in [0.1, 0.15) is 0 Å². The maximum absolute atomic E-state index is 12.0. The molecule has 1 fully saturated rings. The summed E-state index contributed by atoms with van der Waals surface area (Å²) in [5, 5.41) is 0. The molecule has 0 radical (unpaired) electrons. The van der Waals surface area contributed by atoms with Gasteiger partial charge in [0.2, 0.25) is 0 Å². The number of hydrogen-bond donors (Lipinski definition) is 0. The number of hydrogen-bond acceptors (Lipinski definition) is 2. The van der Waals surface area contributed by atoms with Crippen molar-refractivity contribution in [3.63, 3.8) is 0 Å². The van der Waals surface area contributed by atoms with Crippen LogP contribution in [0.5, 0.6) is 0 Å². The Labute approximate surface area is 87.7 Å². The van der Waals surface area contributed by atoms with Gasteiger partial charge in [-0.25, -0.2) is 0 Å². The van der Waals surface area contributed by atoms with Gasteiger partial charge in [0.15, 0.2) is 5.78 Å². The molecule has 2 heteroatoms. The summed E-state index contributed by atoms with van der Waals surface area (Å²) in [5.41, 5.74) is 0. The van der Waals surface area contributed by atoms with Crippen LogP contribution < -0.4 is 0 Å². The lowest BCUT2D eigenvalue weighted by atomic mass is 9.95. The van der Waals surface area contributed by atoms with Gasteiger partial charge in [-0.15, -0.1) is 0 Å². The molecule has 1 aliphatic rings. The predicted molar refractivity (Wildman–Crippen MR) is 59.2 cm³/mol. The summed E-state index contributed by atoms with van der Waals surface area (Å²) in [7, 11) is 0. The second-order valence-electron chi connectivity index (χ2n) is 5.16. The third-order valence-corrected chi connectivity index (χ3v) is 3.48. The minimum Gasteiger partial charge on any atom is -0.298 e. The normalized spacial score (nSPS) is 34.9. The Hall–Kier alpha value is -0.370. The molecule has 0 aromatic carbocycles. The summed E-state index contributed by atoms with van der Waals surface area (Å²) >= 11 is 0. The fourth-order valence-corrected chi connectivity index (χ4v) is 2.63. The predicted octanol–water partition coefficient (Wildman–Crippen LogP) is 2.33. The van der Waals surface area contributed by atoms with Crippen LogP contribution in [0.15, 0.2) is 0 Å². The summed E-state index contributed by atoms with van der Waals surface area (Å²) < 4.78 is 0. The molecule has 1 aliphatic heterocycles. The van der Waals surface area contributed by atoms with Gasteiger partial charge >= 0.3 is 0 Å². The molecular weight excluding hydrogens is 174 g/mol. The lowest BCUT2D eigenvalue weighted by Crippen LogP contribution is -2.44. The van der Waals surface area contributed by atoms with Gasteiger partial charge in [0.25, 0.3) is 0 Å². The van der Waals surface area contributed by atoms with E-state index < -0.39 is 0 Å². The zero-order valence-corrected chi connectivity index (χ0v) is 10.2. The van der Waals surface area contributed by atoms with Crippen molar-refractivity contribution in [2.45, 2.75) is 59.7 Å². The Kier molecular flexibility index (Phi) is 3.36. The Morgan fingerprint density at radius 3 is 1.93 bits per heavy atom. The highest BCUT2D eigenvalue weighted by atomic mass is 16.1. The standard InChI is InChI=1S/C12H23NO/c1-7(2)11-12(14)9(5)10(6)13(11)8(3)4/h7-11H,1-6H3. The Morgan fingerprint density at radius 2 is 1.64 bits per heavy atom. The first-order chi connectivity index (χ1) is 6.37. The molecule has 14 heavy (non-hydrogen) atoms. The van der Waals surface area contributed by atoms with Crippen LogP contribution in [0, 0.1) is 11.8 Å². The molecule has 0 aromatic rings. The molecule has 2 nitrogen and oxygen atoms in total. The van der Waals surface area contributed by atoms with Crippen LogP contribution in [0.25, 0.3) is 0 Å². The number of ketones is 1. The van der Waals surface area contributed by atoms with Crippen molar-refractivity contribution in [2.75, 3.05) is 0 Å². The summed E-state index contributed by atoms with van der Waals surface area (Å²) in [6, 6.07) is 1.00. The van der Waals surface area contributed by atoms with Crippen molar-refractivity contribution in [1.29, 1.82) is 0 Å². The lowest BCUT2D eigenvalue weighted by molar-refractivity contribution is -0.123. The summed E-state index contributed by atoms with van der Waals surface area (Å²) in [6.45, 7) is 12.9. The first-order valence-corrected chi connectivity index (χ1v) is 5.69. The lowest BCUT2D eigenvalue weighted by Gasteiger charge is -2.33. The Balaban J connectivity index is 2.95. The average molecular weight is 197 g/mol. The van der Waals surface area contributed by atoms with Crippen LogP contribution >= 0.6 is 0 Å². The average Bonchev–Trinajstić information content (AvgIpc) is 2.29. The third-order valence-electron chi connectivity index (χ3n) is 3.48. The van der Waals surface area contributed by atoms with Gasteiger partial charge in [0.05, 0.1) is 6.04 Å². The highest BCUT2D eigenvalue weighted by Gasteiger charge is 2.45. The number of carbonyl (C=O) groups is 1. The fraction of sp³-hybridized carbons (Fsp3) is 0.917. The maximum Gasteiger partial charge on any atom is 0.154 e. The Bertz CT molecular complexity index is 222. The van der Waals surface area contributed by atoms with Crippen molar-refractivity contribution in [2.24, 2.45) is 11.8 Å². The van der Waals surface area contributed by atoms with E-state index in [0.717, 1.165) is 0 Å². The van der Waals surface area contributed by atoms with E-state index in [-0.39, 0.29) is 12.0 Å². The van der Waals surface area contributed by atoms with Crippen LogP contribution in [0.3, 0.4) is 0 Å². The molecule has 0 bridgehead atoms. The van der Waals surface area contributed by atoms with Crippen LogP contribution in [-0.4, -0.2) is 28.8 Å². The SMILES string of the molecule is CC(C)C1C(=O)C(C)C(C)N1C(C)C. The van der Waals surface area contributed by atoms with Crippen molar-refractivity contribution < 1.29 is 4.79 Å². The second kappa shape index (κ2) is 4.01. The molecule has 0 aliphatic carbocycles. The maximum atomic E-state index is 12.0. The van der Waals surface area contributed by atoms with Gasteiger partial charge in [-0.3, -0.25) is 9.69 Å². The molecule has 3 unspecified atom stereocenters. The largest absolute Gasteiger partial charge is 0.298 e. The van der Waals surface area contributed by atoms with Crippen molar-refractivity contribution in [3.05, 3.63) is 0 Å². The number of rotatable bonds is 2. The number of nitrogens with zero attached hydrogens (tertiary/aromatic N) is 1. The van der Waals surface area contributed by atoms with Crippen LogP contribution in [-0.2, 0) is 4.79 Å². The van der Waals surface area contributed by atoms with E-state index in [0.29, 0.717) is 23.8 Å². The van der Waals surface area contributed by atoms with E-state index in [9.17, 15) is 4.79 Å². The topological polar surface area (TPSA) is 20.3 Å². The fourth-order valence-electron chi connectivity index (χ4n) is 2.63. The molecule has 0 amide bonds. The number of Topliss-reactive ketones (excluding diaryl/α,β-unsaturated/α-hetero) is 1. The molecule has 3 atom stereocenters. The highest BCUT2D eigenvalue weighted by Crippen LogP contribution is 2.32. The van der Waals surface area contributed by atoms with E-state index in [1.54, 1.807) is 0 Å². The molecule has 82 valence electrons. The quantitative estimate of drug-likeness (QED) is 0.677. The zero-order chi connectivity index (χ0) is 11.0. The van der Waals surface area contributed by atoms with E-state index in [2.05, 4.69) is 46.4 Å². The molecule has 0 saturated carbocycles. The monoisotopic (exact) mass is 197 g/mol. The van der Waals surface area contributed by atoms with E-state index in [1.807, 2.05) is 0 Å². The van der Waals surface area contributed by atoms with Crippen molar-refractivity contribution >= 4 is 5.78 Å². The zero-order valence-electron chi connectivity index (χ0n) is 10.2. The molecule has 1 heterocycles. The molecule has 1 rings (SSSR count). The van der Waals surface area contributed by atoms with E-state index in [1.165, 1.54) is 0 Å².